The first-order valence-corrected chi connectivity index (χ1v) is 5.94. The number of fused-ring (bicyclic) bond motifs is 1. The Balaban J connectivity index is 2.02. The smallest absolute Gasteiger partial charge is 0.194 e. The van der Waals surface area contributed by atoms with Crippen LogP contribution in [0.4, 0.5) is 5.82 Å². The first-order valence-electron chi connectivity index (χ1n) is 5.94. The molecule has 0 aliphatic carbocycles. The monoisotopic (exact) mass is 249 g/mol. The summed E-state index contributed by atoms with van der Waals surface area (Å²) < 4.78 is 11.2. The number of aliphatic hydroxyl groups is 1. The predicted octanol–water partition coefficient (Wildman–Crippen LogP) is 1.26. The standard InChI is InChI=1S/C12H15N3O3/c1-6-2-7(3-16)18-10(6)8-4-17-11-9(8)14-5-15-12(11)13/h4-7,10,16H,2-3H2,1H3,(H2,13,14,15)/t6-,7-,10+/m0/s1. The second kappa shape index (κ2) is 4.22. The van der Waals surface area contributed by atoms with Crippen LogP contribution in [0.1, 0.15) is 25.0 Å². The summed E-state index contributed by atoms with van der Waals surface area (Å²) in [5, 5.41) is 9.16. The Kier molecular flexibility index (Phi) is 2.68. The summed E-state index contributed by atoms with van der Waals surface area (Å²) in [6.45, 7) is 2.12. The number of anilines is 1. The normalized spacial score (nSPS) is 28.0. The van der Waals surface area contributed by atoms with Gasteiger partial charge in [0.05, 0.1) is 25.1 Å². The van der Waals surface area contributed by atoms with Gasteiger partial charge in [-0.25, -0.2) is 9.97 Å². The molecule has 0 bridgehead atoms. The molecule has 96 valence electrons. The van der Waals surface area contributed by atoms with Gasteiger partial charge >= 0.3 is 0 Å². The van der Waals surface area contributed by atoms with Crippen molar-refractivity contribution in [2.24, 2.45) is 5.92 Å². The fourth-order valence-corrected chi connectivity index (χ4v) is 2.52. The number of nitrogens with two attached hydrogens (primary N) is 1. The number of hydrogen-bond donors (Lipinski definition) is 2. The number of nitrogen functional groups attached to an aromatic ring is 1. The lowest BCUT2D eigenvalue weighted by Gasteiger charge is -2.13. The van der Waals surface area contributed by atoms with E-state index in [2.05, 4.69) is 16.9 Å². The van der Waals surface area contributed by atoms with Crippen molar-refractivity contribution in [2.75, 3.05) is 12.3 Å². The first-order chi connectivity index (χ1) is 8.70. The lowest BCUT2D eigenvalue weighted by atomic mass is 9.97. The van der Waals surface area contributed by atoms with E-state index in [4.69, 9.17) is 20.0 Å². The van der Waals surface area contributed by atoms with E-state index in [1.54, 1.807) is 6.26 Å². The molecule has 0 aromatic carbocycles. The highest BCUT2D eigenvalue weighted by Gasteiger charge is 2.35. The molecule has 3 N–H and O–H groups in total. The van der Waals surface area contributed by atoms with Crippen molar-refractivity contribution in [3.05, 3.63) is 18.2 Å². The van der Waals surface area contributed by atoms with Crippen molar-refractivity contribution in [2.45, 2.75) is 25.6 Å². The van der Waals surface area contributed by atoms with Gasteiger partial charge in [0.25, 0.3) is 0 Å². The summed E-state index contributed by atoms with van der Waals surface area (Å²) in [6.07, 6.45) is 3.64. The maximum atomic E-state index is 9.16. The zero-order valence-electron chi connectivity index (χ0n) is 10.0. The molecule has 0 unspecified atom stereocenters. The van der Waals surface area contributed by atoms with Gasteiger partial charge in [0.1, 0.15) is 11.8 Å². The number of ether oxygens (including phenoxy) is 1. The molecule has 6 nitrogen and oxygen atoms in total. The molecular formula is C12H15N3O3. The van der Waals surface area contributed by atoms with E-state index in [1.165, 1.54) is 6.33 Å². The second-order valence-electron chi connectivity index (χ2n) is 4.70. The van der Waals surface area contributed by atoms with Gasteiger partial charge in [-0.2, -0.15) is 0 Å². The fraction of sp³-hybridized carbons (Fsp3) is 0.500. The van der Waals surface area contributed by atoms with Crippen molar-refractivity contribution in [3.63, 3.8) is 0 Å². The van der Waals surface area contributed by atoms with E-state index in [1.807, 2.05) is 0 Å². The van der Waals surface area contributed by atoms with Gasteiger partial charge in [-0.05, 0) is 12.3 Å². The van der Waals surface area contributed by atoms with Crippen LogP contribution in [0.15, 0.2) is 17.0 Å². The Morgan fingerprint density at radius 2 is 2.33 bits per heavy atom. The molecule has 18 heavy (non-hydrogen) atoms. The van der Waals surface area contributed by atoms with Crippen LogP contribution in [0.5, 0.6) is 0 Å². The third-order valence-electron chi connectivity index (χ3n) is 3.41. The van der Waals surface area contributed by atoms with Crippen molar-refractivity contribution in [3.8, 4) is 0 Å². The van der Waals surface area contributed by atoms with Gasteiger partial charge in [0, 0.05) is 5.56 Å². The number of furan rings is 1. The summed E-state index contributed by atoms with van der Waals surface area (Å²) in [7, 11) is 0. The molecule has 3 atom stereocenters. The average molecular weight is 249 g/mol. The number of aromatic nitrogens is 2. The molecule has 0 saturated carbocycles. The highest BCUT2D eigenvalue weighted by Crippen LogP contribution is 2.41. The molecule has 3 rings (SSSR count). The van der Waals surface area contributed by atoms with Crippen molar-refractivity contribution in [1.29, 1.82) is 0 Å². The van der Waals surface area contributed by atoms with E-state index in [-0.39, 0.29) is 18.8 Å². The Labute approximate surface area is 104 Å². The summed E-state index contributed by atoms with van der Waals surface area (Å²) >= 11 is 0. The molecule has 1 fully saturated rings. The van der Waals surface area contributed by atoms with Gasteiger partial charge in [0.2, 0.25) is 0 Å². The topological polar surface area (TPSA) is 94.4 Å². The van der Waals surface area contributed by atoms with E-state index in [9.17, 15) is 0 Å². The number of aliphatic hydroxyl groups excluding tert-OH is 1. The third-order valence-corrected chi connectivity index (χ3v) is 3.41. The molecule has 0 amide bonds. The minimum atomic E-state index is -0.117. The van der Waals surface area contributed by atoms with Gasteiger partial charge in [-0.1, -0.05) is 6.92 Å². The van der Waals surface area contributed by atoms with Crippen LogP contribution in [-0.4, -0.2) is 27.8 Å². The zero-order valence-corrected chi connectivity index (χ0v) is 10.0. The van der Waals surface area contributed by atoms with E-state index < -0.39 is 0 Å². The van der Waals surface area contributed by atoms with Gasteiger partial charge in [0.15, 0.2) is 11.4 Å². The average Bonchev–Trinajstić information content (AvgIpc) is 2.93. The number of nitrogens with zero attached hydrogens (tertiary/aromatic N) is 2. The van der Waals surface area contributed by atoms with E-state index >= 15 is 0 Å². The van der Waals surface area contributed by atoms with E-state index in [0.717, 1.165) is 12.0 Å². The molecule has 2 aromatic heterocycles. The van der Waals surface area contributed by atoms with Gasteiger partial charge in [-0.3, -0.25) is 0 Å². The molecule has 1 aliphatic rings. The predicted molar refractivity (Wildman–Crippen MR) is 64.7 cm³/mol. The van der Waals surface area contributed by atoms with Crippen LogP contribution in [-0.2, 0) is 4.74 Å². The molecule has 3 heterocycles. The van der Waals surface area contributed by atoms with E-state index in [0.29, 0.717) is 22.8 Å². The summed E-state index contributed by atoms with van der Waals surface area (Å²) in [5.41, 5.74) is 7.80. The summed E-state index contributed by atoms with van der Waals surface area (Å²) in [5.74, 6) is 0.634. The zero-order chi connectivity index (χ0) is 12.7. The highest BCUT2D eigenvalue weighted by molar-refractivity contribution is 5.84. The molecule has 0 radical (unpaired) electrons. The SMILES string of the molecule is C[C@H]1C[C@@H](CO)O[C@H]1c1coc2c(N)ncnc12. The Bertz CT molecular complexity index is 569. The molecular weight excluding hydrogens is 234 g/mol. The van der Waals surface area contributed by atoms with Crippen LogP contribution >= 0.6 is 0 Å². The second-order valence-corrected chi connectivity index (χ2v) is 4.70. The molecule has 6 heteroatoms. The quantitative estimate of drug-likeness (QED) is 0.832. The van der Waals surface area contributed by atoms with Gasteiger partial charge in [-0.15, -0.1) is 0 Å². The first kappa shape index (κ1) is 11.4. The third kappa shape index (κ3) is 1.65. The van der Waals surface area contributed by atoms with Crippen LogP contribution in [0, 0.1) is 5.92 Å². The largest absolute Gasteiger partial charge is 0.458 e. The van der Waals surface area contributed by atoms with Crippen LogP contribution in [0.25, 0.3) is 11.1 Å². The van der Waals surface area contributed by atoms with Crippen LogP contribution in [0.2, 0.25) is 0 Å². The summed E-state index contributed by atoms with van der Waals surface area (Å²) in [4.78, 5) is 8.09. The van der Waals surface area contributed by atoms with Crippen molar-refractivity contribution in [1.82, 2.24) is 9.97 Å². The van der Waals surface area contributed by atoms with Crippen molar-refractivity contribution < 1.29 is 14.3 Å². The Morgan fingerprint density at radius 3 is 3.06 bits per heavy atom. The maximum absolute atomic E-state index is 9.16. The molecule has 1 aliphatic heterocycles. The van der Waals surface area contributed by atoms with Gasteiger partial charge < -0.3 is 20.0 Å². The highest BCUT2D eigenvalue weighted by atomic mass is 16.5. The summed E-state index contributed by atoms with van der Waals surface area (Å²) in [6, 6.07) is 0. The molecule has 2 aromatic rings. The van der Waals surface area contributed by atoms with Crippen LogP contribution in [0.3, 0.4) is 0 Å². The fourth-order valence-electron chi connectivity index (χ4n) is 2.52. The Hall–Kier alpha value is -1.66. The minimum Gasteiger partial charge on any atom is -0.458 e. The lowest BCUT2D eigenvalue weighted by molar-refractivity contribution is 0.00544. The van der Waals surface area contributed by atoms with Crippen LogP contribution < -0.4 is 5.73 Å². The molecule has 0 spiro atoms. The Morgan fingerprint density at radius 1 is 1.50 bits per heavy atom. The lowest BCUT2D eigenvalue weighted by Crippen LogP contribution is -2.11. The maximum Gasteiger partial charge on any atom is 0.194 e. The number of hydrogen-bond acceptors (Lipinski definition) is 6. The minimum absolute atomic E-state index is 0.0355. The molecule has 1 saturated heterocycles. The van der Waals surface area contributed by atoms with Crippen molar-refractivity contribution >= 4 is 16.9 Å². The number of rotatable bonds is 2.